The Morgan fingerprint density at radius 2 is 1.03 bits per heavy atom. The number of hydrogen-bond donors (Lipinski definition) is 2. The lowest BCUT2D eigenvalue weighted by Crippen LogP contribution is -2.26. The van der Waals surface area contributed by atoms with Crippen LogP contribution in [0.5, 0.6) is 11.5 Å². The van der Waals surface area contributed by atoms with Crippen LogP contribution in [0.1, 0.15) is 113 Å². The summed E-state index contributed by atoms with van der Waals surface area (Å²) in [7, 11) is 0. The molecule has 2 aliphatic carbocycles. The first kappa shape index (κ1) is 22.2. The van der Waals surface area contributed by atoms with Gasteiger partial charge in [-0.15, -0.1) is 0 Å². The lowest BCUT2D eigenvalue weighted by molar-refractivity contribution is 0.348. The fourth-order valence-electron chi connectivity index (χ4n) is 6.60. The van der Waals surface area contributed by atoms with Gasteiger partial charge in [0.2, 0.25) is 0 Å². The minimum atomic E-state index is -0.140. The highest BCUT2D eigenvalue weighted by molar-refractivity contribution is 5.63. The number of rotatable bonds is 6. The molecule has 0 heterocycles. The van der Waals surface area contributed by atoms with E-state index in [0.717, 1.165) is 62.5 Å². The fourth-order valence-corrected chi connectivity index (χ4v) is 6.60. The first-order valence-electron chi connectivity index (χ1n) is 12.3. The predicted molar refractivity (Wildman–Crippen MR) is 130 cm³/mol. The molecule has 0 radical (unpaired) electrons. The van der Waals surface area contributed by atoms with Gasteiger partial charge in [0.25, 0.3) is 0 Å². The molecule has 0 atom stereocenters. The zero-order valence-electron chi connectivity index (χ0n) is 20.4. The Hall–Kier alpha value is -1.96. The highest BCUT2D eigenvalue weighted by Crippen LogP contribution is 2.64. The molecule has 2 aliphatic rings. The lowest BCUT2D eigenvalue weighted by Gasteiger charge is -2.30. The molecule has 2 heteroatoms. The van der Waals surface area contributed by atoms with E-state index in [1.807, 2.05) is 0 Å². The second-order valence-electron chi connectivity index (χ2n) is 11.5. The summed E-state index contributed by atoms with van der Waals surface area (Å²) in [5.74, 6) is 0.888. The molecule has 0 saturated heterocycles. The van der Waals surface area contributed by atoms with E-state index in [4.69, 9.17) is 0 Å². The van der Waals surface area contributed by atoms with Crippen LogP contribution >= 0.6 is 0 Å². The first-order chi connectivity index (χ1) is 14.6. The molecule has 0 aliphatic heterocycles. The van der Waals surface area contributed by atoms with Gasteiger partial charge in [0.1, 0.15) is 11.5 Å². The van der Waals surface area contributed by atoms with Gasteiger partial charge in [-0.25, -0.2) is 0 Å². The van der Waals surface area contributed by atoms with Crippen LogP contribution in [0.2, 0.25) is 0 Å². The smallest absolute Gasteiger partial charge is 0.119 e. The highest BCUT2D eigenvalue weighted by Gasteiger charge is 2.56. The van der Waals surface area contributed by atoms with Gasteiger partial charge in [-0.1, -0.05) is 66.5 Å². The van der Waals surface area contributed by atoms with Crippen molar-refractivity contribution >= 4 is 0 Å². The molecule has 1 spiro atoms. The van der Waals surface area contributed by atoms with Crippen molar-refractivity contribution in [1.29, 1.82) is 0 Å². The third-order valence-electron chi connectivity index (χ3n) is 8.01. The number of benzene rings is 2. The highest BCUT2D eigenvalue weighted by atomic mass is 16.3. The van der Waals surface area contributed by atoms with E-state index in [-0.39, 0.29) is 16.2 Å². The van der Waals surface area contributed by atoms with Crippen molar-refractivity contribution in [2.45, 2.75) is 109 Å². The van der Waals surface area contributed by atoms with Crippen LogP contribution in [0, 0.1) is 0 Å². The Balaban J connectivity index is 1.89. The number of fused-ring (bicyclic) bond motifs is 4. The second kappa shape index (κ2) is 7.57. The number of aryl methyl sites for hydroxylation is 2. The Kier molecular flexibility index (Phi) is 5.43. The number of unbranched alkanes of at least 4 members (excludes halogenated alkanes) is 2. The van der Waals surface area contributed by atoms with Gasteiger partial charge in [-0.2, -0.15) is 0 Å². The van der Waals surface area contributed by atoms with E-state index < -0.39 is 0 Å². The Bertz CT molecular complexity index is 915. The Labute approximate surface area is 188 Å². The zero-order valence-corrected chi connectivity index (χ0v) is 20.4. The average molecular weight is 421 g/mol. The number of phenolic OH excluding ortho intramolecular Hbond substituents is 2. The molecular formula is C29H40O2. The van der Waals surface area contributed by atoms with E-state index in [1.165, 1.54) is 22.3 Å². The lowest BCUT2D eigenvalue weighted by atomic mass is 9.72. The molecule has 0 saturated carbocycles. The topological polar surface area (TPSA) is 40.5 Å². The summed E-state index contributed by atoms with van der Waals surface area (Å²) in [6.45, 7) is 13.8. The maximum atomic E-state index is 10.9. The monoisotopic (exact) mass is 420 g/mol. The van der Waals surface area contributed by atoms with Crippen LogP contribution in [0.15, 0.2) is 24.3 Å². The van der Waals surface area contributed by atoms with Crippen LogP contribution in [0.3, 0.4) is 0 Å². The van der Waals surface area contributed by atoms with E-state index in [2.05, 4.69) is 65.8 Å². The maximum Gasteiger partial charge on any atom is 0.119 e. The maximum absolute atomic E-state index is 10.9. The van der Waals surface area contributed by atoms with Crippen molar-refractivity contribution < 1.29 is 10.2 Å². The van der Waals surface area contributed by atoms with E-state index >= 15 is 0 Å². The molecule has 2 N–H and O–H groups in total. The number of aromatic hydroxyl groups is 2. The van der Waals surface area contributed by atoms with Crippen molar-refractivity contribution in [1.82, 2.24) is 0 Å². The molecule has 0 fully saturated rings. The molecular weight excluding hydrogens is 380 g/mol. The van der Waals surface area contributed by atoms with Gasteiger partial charge in [0.05, 0.1) is 0 Å². The van der Waals surface area contributed by atoms with Crippen LogP contribution < -0.4 is 0 Å². The quantitative estimate of drug-likeness (QED) is 0.510. The third-order valence-corrected chi connectivity index (χ3v) is 8.01. The molecule has 31 heavy (non-hydrogen) atoms. The number of phenols is 2. The third kappa shape index (κ3) is 3.47. The van der Waals surface area contributed by atoms with Gasteiger partial charge in [-0.05, 0) is 94.9 Å². The van der Waals surface area contributed by atoms with Gasteiger partial charge >= 0.3 is 0 Å². The molecule has 168 valence electrons. The van der Waals surface area contributed by atoms with Gasteiger partial charge in [0, 0.05) is 5.41 Å². The molecule has 4 rings (SSSR count). The van der Waals surface area contributed by atoms with Crippen molar-refractivity contribution in [2.75, 3.05) is 0 Å². The summed E-state index contributed by atoms with van der Waals surface area (Å²) in [6, 6.07) is 8.72. The first-order valence-corrected chi connectivity index (χ1v) is 12.3. The SMILES string of the molecule is CCCCc1cc2c(cc1O)C1(CC2(C)C)CC(C)(C)c2cc(CCCC)c(O)cc21. The molecule has 2 aromatic rings. The summed E-state index contributed by atoms with van der Waals surface area (Å²) in [6.07, 6.45) is 8.37. The van der Waals surface area contributed by atoms with Crippen molar-refractivity contribution in [3.05, 3.63) is 57.6 Å². The molecule has 0 aromatic heterocycles. The van der Waals surface area contributed by atoms with Crippen LogP contribution in [-0.2, 0) is 29.1 Å². The number of hydrogen-bond acceptors (Lipinski definition) is 2. The molecule has 0 amide bonds. The van der Waals surface area contributed by atoms with E-state index in [0.29, 0.717) is 11.5 Å². The second-order valence-corrected chi connectivity index (χ2v) is 11.5. The normalized spacial score (nSPS) is 19.5. The van der Waals surface area contributed by atoms with E-state index in [9.17, 15) is 10.2 Å². The van der Waals surface area contributed by atoms with Crippen molar-refractivity contribution in [3.63, 3.8) is 0 Å². The molecule has 0 bridgehead atoms. The largest absolute Gasteiger partial charge is 0.508 e. The summed E-state index contributed by atoms with van der Waals surface area (Å²) < 4.78 is 0. The molecule has 2 aromatic carbocycles. The summed E-state index contributed by atoms with van der Waals surface area (Å²) in [4.78, 5) is 0. The molecule has 2 nitrogen and oxygen atoms in total. The van der Waals surface area contributed by atoms with Crippen molar-refractivity contribution in [2.24, 2.45) is 0 Å². The Morgan fingerprint density at radius 3 is 1.39 bits per heavy atom. The molecule has 0 unspecified atom stereocenters. The minimum Gasteiger partial charge on any atom is -0.508 e. The minimum absolute atomic E-state index is 0.0399. The Morgan fingerprint density at radius 1 is 0.645 bits per heavy atom. The standard InChI is InChI=1S/C29H40O2/c1-7-9-11-19-13-21-23(15-25(19)30)29(17-27(21,3)4)18-28(5,6)22-14-20(12-10-8-2)26(31)16-24(22)29/h13-16,30-31H,7-12,17-18H2,1-6H3. The van der Waals surface area contributed by atoms with Crippen LogP contribution in [0.25, 0.3) is 0 Å². The van der Waals surface area contributed by atoms with Crippen LogP contribution in [0.4, 0.5) is 0 Å². The van der Waals surface area contributed by atoms with Crippen LogP contribution in [-0.4, -0.2) is 10.2 Å². The fraction of sp³-hybridized carbons (Fsp3) is 0.586. The summed E-state index contributed by atoms with van der Waals surface area (Å²) >= 11 is 0. The zero-order chi connectivity index (χ0) is 22.6. The summed E-state index contributed by atoms with van der Waals surface area (Å²) in [5, 5.41) is 21.9. The van der Waals surface area contributed by atoms with Crippen molar-refractivity contribution in [3.8, 4) is 11.5 Å². The van der Waals surface area contributed by atoms with E-state index in [1.54, 1.807) is 0 Å². The summed E-state index contributed by atoms with van der Waals surface area (Å²) in [5.41, 5.74) is 7.44. The van der Waals surface area contributed by atoms with Gasteiger partial charge in [-0.3, -0.25) is 0 Å². The average Bonchev–Trinajstić information content (AvgIpc) is 3.03. The van der Waals surface area contributed by atoms with Gasteiger partial charge in [0.15, 0.2) is 0 Å². The van der Waals surface area contributed by atoms with Gasteiger partial charge < -0.3 is 10.2 Å². The predicted octanol–water partition coefficient (Wildman–Crippen LogP) is 7.43.